The summed E-state index contributed by atoms with van der Waals surface area (Å²) in [7, 11) is 0. The van der Waals surface area contributed by atoms with Gasteiger partial charge in [0.25, 0.3) is 0 Å². The molecule has 4 nitrogen and oxygen atoms in total. The van der Waals surface area contributed by atoms with E-state index >= 15 is 0 Å². The van der Waals surface area contributed by atoms with Crippen LogP contribution >= 0.6 is 0 Å². The Morgan fingerprint density at radius 3 is 1.60 bits per heavy atom. The summed E-state index contributed by atoms with van der Waals surface area (Å²) in [6, 6.07) is 22.5. The number of carbonyl (C=O) groups is 1. The standard InChI is InChI=1S/C26H25N3O/c1-18-10-11-19(2)28(18)25-16-23(24(14-15-30)22-8-6-5-7-9-22)17-26(27-25)29-20(3)12-13-21(29)4/h5-17H,1-4H3/b24-14-. The minimum absolute atomic E-state index is 0.836. The number of aldehydes is 1. The zero-order valence-corrected chi connectivity index (χ0v) is 17.8. The fourth-order valence-electron chi connectivity index (χ4n) is 3.99. The number of hydrogen-bond acceptors (Lipinski definition) is 2. The van der Waals surface area contributed by atoms with Crippen LogP contribution in [0.4, 0.5) is 0 Å². The van der Waals surface area contributed by atoms with E-state index in [-0.39, 0.29) is 0 Å². The van der Waals surface area contributed by atoms with Crippen LogP contribution in [0, 0.1) is 27.7 Å². The van der Waals surface area contributed by atoms with Crippen molar-refractivity contribution in [1.29, 1.82) is 0 Å². The summed E-state index contributed by atoms with van der Waals surface area (Å²) < 4.78 is 4.29. The highest BCUT2D eigenvalue weighted by Gasteiger charge is 2.15. The lowest BCUT2D eigenvalue weighted by atomic mass is 9.98. The number of rotatable bonds is 5. The van der Waals surface area contributed by atoms with Gasteiger partial charge in [-0.25, -0.2) is 4.98 Å². The summed E-state index contributed by atoms with van der Waals surface area (Å²) in [5.41, 5.74) is 7.28. The molecule has 0 saturated heterocycles. The van der Waals surface area contributed by atoms with Gasteiger partial charge in [0.2, 0.25) is 0 Å². The van der Waals surface area contributed by atoms with Crippen molar-refractivity contribution < 1.29 is 4.79 Å². The second-order valence-corrected chi connectivity index (χ2v) is 7.56. The molecule has 0 radical (unpaired) electrons. The average molecular weight is 396 g/mol. The lowest BCUT2D eigenvalue weighted by Crippen LogP contribution is -2.09. The van der Waals surface area contributed by atoms with E-state index in [1.54, 1.807) is 6.08 Å². The van der Waals surface area contributed by atoms with Crippen LogP contribution in [-0.2, 0) is 4.79 Å². The van der Waals surface area contributed by atoms with Gasteiger partial charge in [0.1, 0.15) is 17.9 Å². The maximum atomic E-state index is 11.5. The summed E-state index contributed by atoms with van der Waals surface area (Å²) in [6.45, 7) is 8.30. The van der Waals surface area contributed by atoms with Crippen LogP contribution in [0.1, 0.15) is 33.9 Å². The van der Waals surface area contributed by atoms with Crippen molar-refractivity contribution >= 4 is 11.9 Å². The summed E-state index contributed by atoms with van der Waals surface area (Å²) in [5.74, 6) is 1.67. The van der Waals surface area contributed by atoms with Crippen molar-refractivity contribution in [2.24, 2.45) is 0 Å². The van der Waals surface area contributed by atoms with Crippen LogP contribution in [0.25, 0.3) is 17.2 Å². The number of allylic oxidation sites excluding steroid dienone is 1. The zero-order chi connectivity index (χ0) is 21.3. The summed E-state index contributed by atoms with van der Waals surface area (Å²) in [4.78, 5) is 16.5. The molecule has 0 unspecified atom stereocenters. The van der Waals surface area contributed by atoms with Crippen molar-refractivity contribution in [3.05, 3.63) is 107 Å². The fourth-order valence-corrected chi connectivity index (χ4v) is 3.99. The van der Waals surface area contributed by atoms with E-state index in [0.29, 0.717) is 0 Å². The molecule has 150 valence electrons. The first-order valence-electron chi connectivity index (χ1n) is 10.0. The van der Waals surface area contributed by atoms with Crippen LogP contribution in [0.15, 0.2) is 72.8 Å². The molecule has 0 atom stereocenters. The van der Waals surface area contributed by atoms with Gasteiger partial charge in [-0.2, -0.15) is 0 Å². The van der Waals surface area contributed by atoms with Crippen LogP contribution in [0.5, 0.6) is 0 Å². The first-order valence-corrected chi connectivity index (χ1v) is 10.0. The van der Waals surface area contributed by atoms with Crippen LogP contribution < -0.4 is 0 Å². The van der Waals surface area contributed by atoms with Crippen molar-refractivity contribution in [3.63, 3.8) is 0 Å². The van der Waals surface area contributed by atoms with E-state index in [4.69, 9.17) is 4.98 Å². The summed E-state index contributed by atoms with van der Waals surface area (Å²) >= 11 is 0. The minimum atomic E-state index is 0.836. The molecule has 0 aliphatic carbocycles. The first-order chi connectivity index (χ1) is 14.5. The Labute approximate surface area is 177 Å². The molecule has 0 amide bonds. The minimum Gasteiger partial charge on any atom is -0.303 e. The Balaban J connectivity index is 2.01. The molecule has 3 heterocycles. The van der Waals surface area contributed by atoms with Crippen molar-refractivity contribution in [3.8, 4) is 11.6 Å². The molecule has 0 bridgehead atoms. The lowest BCUT2D eigenvalue weighted by molar-refractivity contribution is -0.104. The van der Waals surface area contributed by atoms with Crippen molar-refractivity contribution in [2.45, 2.75) is 27.7 Å². The normalized spacial score (nSPS) is 11.7. The van der Waals surface area contributed by atoms with Crippen LogP contribution in [-0.4, -0.2) is 20.4 Å². The second-order valence-electron chi connectivity index (χ2n) is 7.56. The Bertz CT molecular complexity index is 1140. The van der Waals surface area contributed by atoms with Gasteiger partial charge < -0.3 is 9.13 Å². The molecule has 0 aliphatic heterocycles. The van der Waals surface area contributed by atoms with Crippen LogP contribution in [0.2, 0.25) is 0 Å². The maximum absolute atomic E-state index is 11.5. The molecular formula is C26H25N3O. The van der Waals surface area contributed by atoms with Gasteiger partial charge in [-0.05, 0) is 86.9 Å². The number of nitrogens with zero attached hydrogens (tertiary/aromatic N) is 3. The molecule has 0 spiro atoms. The van der Waals surface area contributed by atoms with Gasteiger partial charge in [0.05, 0.1) is 0 Å². The molecular weight excluding hydrogens is 370 g/mol. The molecule has 4 rings (SSSR count). The zero-order valence-electron chi connectivity index (χ0n) is 17.8. The third-order valence-electron chi connectivity index (χ3n) is 5.43. The molecule has 4 heteroatoms. The maximum Gasteiger partial charge on any atom is 0.143 e. The molecule has 3 aromatic heterocycles. The van der Waals surface area contributed by atoms with Crippen LogP contribution in [0.3, 0.4) is 0 Å². The van der Waals surface area contributed by atoms with E-state index in [1.807, 2.05) is 30.3 Å². The third kappa shape index (κ3) is 3.52. The Kier molecular flexibility index (Phi) is 5.23. The van der Waals surface area contributed by atoms with Gasteiger partial charge in [-0.1, -0.05) is 30.3 Å². The molecule has 30 heavy (non-hydrogen) atoms. The van der Waals surface area contributed by atoms with E-state index in [2.05, 4.69) is 73.2 Å². The molecule has 0 N–H and O–H groups in total. The monoisotopic (exact) mass is 395 g/mol. The number of pyridine rings is 1. The number of aromatic nitrogens is 3. The van der Waals surface area contributed by atoms with Gasteiger partial charge >= 0.3 is 0 Å². The molecule has 0 aliphatic rings. The average Bonchev–Trinajstić information content (AvgIpc) is 3.26. The molecule has 0 saturated carbocycles. The number of hydrogen-bond donors (Lipinski definition) is 0. The fraction of sp³-hybridized carbons (Fsp3) is 0.154. The Hall–Kier alpha value is -3.66. The molecule has 1 aromatic carbocycles. The summed E-state index contributed by atoms with van der Waals surface area (Å²) in [6.07, 6.45) is 2.48. The highest BCUT2D eigenvalue weighted by molar-refractivity contribution is 5.90. The smallest absolute Gasteiger partial charge is 0.143 e. The van der Waals surface area contributed by atoms with E-state index in [1.165, 1.54) is 0 Å². The summed E-state index contributed by atoms with van der Waals surface area (Å²) in [5, 5.41) is 0. The second kappa shape index (κ2) is 7.99. The van der Waals surface area contributed by atoms with Gasteiger partial charge in [-0.15, -0.1) is 0 Å². The van der Waals surface area contributed by atoms with E-state index in [9.17, 15) is 4.79 Å². The van der Waals surface area contributed by atoms with Gasteiger partial charge in [0.15, 0.2) is 0 Å². The Morgan fingerprint density at radius 2 is 1.17 bits per heavy atom. The first kappa shape index (κ1) is 19.6. The van der Waals surface area contributed by atoms with E-state index < -0.39 is 0 Å². The number of aryl methyl sites for hydroxylation is 4. The number of benzene rings is 1. The lowest BCUT2D eigenvalue weighted by Gasteiger charge is -2.17. The van der Waals surface area contributed by atoms with Crippen molar-refractivity contribution in [1.82, 2.24) is 14.1 Å². The number of carbonyl (C=O) groups excluding carboxylic acids is 1. The van der Waals surface area contributed by atoms with Crippen molar-refractivity contribution in [2.75, 3.05) is 0 Å². The van der Waals surface area contributed by atoms with Gasteiger partial charge in [0, 0.05) is 22.8 Å². The largest absolute Gasteiger partial charge is 0.303 e. The van der Waals surface area contributed by atoms with E-state index in [0.717, 1.165) is 57.4 Å². The predicted molar refractivity (Wildman–Crippen MR) is 121 cm³/mol. The SMILES string of the molecule is Cc1ccc(C)n1-c1cc(/C(=C\C=O)c2ccccc2)cc(-n2c(C)ccc2C)n1. The highest BCUT2D eigenvalue weighted by atomic mass is 16.1. The highest BCUT2D eigenvalue weighted by Crippen LogP contribution is 2.28. The van der Waals surface area contributed by atoms with Gasteiger partial charge in [-0.3, -0.25) is 4.79 Å². The molecule has 4 aromatic rings. The quantitative estimate of drug-likeness (QED) is 0.329. The Morgan fingerprint density at radius 1 is 0.700 bits per heavy atom. The molecule has 0 fully saturated rings. The topological polar surface area (TPSA) is 39.8 Å². The predicted octanol–water partition coefficient (Wildman–Crippen LogP) is 5.53. The third-order valence-corrected chi connectivity index (χ3v) is 5.43.